The molecule has 0 aromatic carbocycles. The van der Waals surface area contributed by atoms with E-state index in [-0.39, 0.29) is 0 Å². The second-order valence-corrected chi connectivity index (χ2v) is 6.84. The van der Waals surface area contributed by atoms with Gasteiger partial charge in [-0.1, -0.05) is 45.3 Å². The van der Waals surface area contributed by atoms with Crippen molar-refractivity contribution < 1.29 is 0 Å². The van der Waals surface area contributed by atoms with Crippen LogP contribution >= 0.6 is 0 Å². The van der Waals surface area contributed by atoms with Crippen LogP contribution in [0, 0.1) is 17.3 Å². The third-order valence-corrected chi connectivity index (χ3v) is 5.45. The lowest BCUT2D eigenvalue weighted by atomic mass is 9.48. The number of allylic oxidation sites excluding steroid dienone is 2. The van der Waals surface area contributed by atoms with Crippen molar-refractivity contribution in [2.24, 2.45) is 17.3 Å². The first-order chi connectivity index (χ1) is 8.66. The fourth-order valence-corrected chi connectivity index (χ4v) is 3.85. The van der Waals surface area contributed by atoms with Gasteiger partial charge in [-0.05, 0) is 62.4 Å². The maximum absolute atomic E-state index is 3.35. The van der Waals surface area contributed by atoms with Crippen LogP contribution in [0.4, 0.5) is 0 Å². The molecule has 1 saturated heterocycles. The van der Waals surface area contributed by atoms with Crippen molar-refractivity contribution in [3.8, 4) is 0 Å². The van der Waals surface area contributed by atoms with E-state index in [1.54, 1.807) is 5.57 Å². The first-order valence-electron chi connectivity index (χ1n) is 8.06. The van der Waals surface area contributed by atoms with Crippen molar-refractivity contribution in [3.05, 3.63) is 11.6 Å². The molecule has 1 aliphatic heterocycles. The van der Waals surface area contributed by atoms with Gasteiger partial charge in [0.1, 0.15) is 0 Å². The fourth-order valence-electron chi connectivity index (χ4n) is 3.85. The predicted octanol–water partition coefficient (Wildman–Crippen LogP) is 4.54. The van der Waals surface area contributed by atoms with Crippen LogP contribution in [0.3, 0.4) is 0 Å². The Morgan fingerprint density at radius 1 is 1.17 bits per heavy atom. The summed E-state index contributed by atoms with van der Waals surface area (Å²) < 4.78 is 0. The van der Waals surface area contributed by atoms with Gasteiger partial charge in [0.15, 0.2) is 0 Å². The molecule has 2 fully saturated rings. The standard InChI is InChI=1S/C11H18.C6H13N/c1-4-8-5-6-9-7-10(8)11(9,2)3;1-2-4-6-7-5-3-1/h5,9-10H,4,6-7H2,1-3H3;7H,1-6H2. The summed E-state index contributed by atoms with van der Waals surface area (Å²) in [4.78, 5) is 0. The molecule has 104 valence electrons. The van der Waals surface area contributed by atoms with Gasteiger partial charge in [0.2, 0.25) is 0 Å². The monoisotopic (exact) mass is 249 g/mol. The second-order valence-electron chi connectivity index (χ2n) is 6.84. The topological polar surface area (TPSA) is 12.0 Å². The number of hydrogen-bond donors (Lipinski definition) is 1. The Morgan fingerprint density at radius 2 is 1.83 bits per heavy atom. The van der Waals surface area contributed by atoms with Crippen LogP contribution in [0.5, 0.6) is 0 Å². The molecule has 0 radical (unpaired) electrons. The molecule has 1 heterocycles. The summed E-state index contributed by atoms with van der Waals surface area (Å²) in [6, 6.07) is 0. The molecule has 1 nitrogen and oxygen atoms in total. The molecule has 4 rings (SSSR count). The van der Waals surface area contributed by atoms with Crippen LogP contribution in [0.2, 0.25) is 0 Å². The average molecular weight is 249 g/mol. The van der Waals surface area contributed by atoms with E-state index in [4.69, 9.17) is 0 Å². The summed E-state index contributed by atoms with van der Waals surface area (Å²) in [5, 5.41) is 3.35. The maximum Gasteiger partial charge on any atom is -0.00489 e. The molecule has 0 aromatic heterocycles. The molecule has 2 bridgehead atoms. The van der Waals surface area contributed by atoms with Gasteiger partial charge in [0, 0.05) is 0 Å². The Bertz CT molecular complexity index is 270. The molecule has 3 aliphatic carbocycles. The van der Waals surface area contributed by atoms with Crippen molar-refractivity contribution >= 4 is 0 Å². The van der Waals surface area contributed by atoms with Gasteiger partial charge in [-0.3, -0.25) is 0 Å². The Labute approximate surface area is 113 Å². The number of nitrogens with one attached hydrogen (secondary N) is 1. The minimum absolute atomic E-state index is 0.639. The van der Waals surface area contributed by atoms with Gasteiger partial charge in [0.05, 0.1) is 0 Å². The lowest BCUT2D eigenvalue weighted by Gasteiger charge is -2.56. The third kappa shape index (κ3) is 2.99. The van der Waals surface area contributed by atoms with E-state index < -0.39 is 0 Å². The molecule has 0 aromatic rings. The zero-order valence-electron chi connectivity index (χ0n) is 12.6. The quantitative estimate of drug-likeness (QED) is 0.673. The van der Waals surface area contributed by atoms with Crippen molar-refractivity contribution in [1.29, 1.82) is 0 Å². The highest BCUT2D eigenvalue weighted by Crippen LogP contribution is 2.59. The van der Waals surface area contributed by atoms with E-state index in [0.717, 1.165) is 11.8 Å². The Morgan fingerprint density at radius 3 is 2.28 bits per heavy atom. The van der Waals surface area contributed by atoms with Crippen molar-refractivity contribution in [2.75, 3.05) is 13.1 Å². The van der Waals surface area contributed by atoms with Crippen molar-refractivity contribution in [1.82, 2.24) is 5.32 Å². The highest BCUT2D eigenvalue weighted by atomic mass is 14.8. The van der Waals surface area contributed by atoms with E-state index in [1.165, 1.54) is 58.0 Å². The fraction of sp³-hybridized carbons (Fsp3) is 0.882. The second kappa shape index (κ2) is 6.23. The minimum Gasteiger partial charge on any atom is -0.317 e. The molecule has 2 atom stereocenters. The summed E-state index contributed by atoms with van der Waals surface area (Å²) in [7, 11) is 0. The Balaban J connectivity index is 0.000000149. The highest BCUT2D eigenvalue weighted by molar-refractivity contribution is 5.22. The van der Waals surface area contributed by atoms with Crippen LogP contribution in [0.1, 0.15) is 65.7 Å². The zero-order chi connectivity index (χ0) is 13.0. The molecule has 0 amide bonds. The maximum atomic E-state index is 3.35. The largest absolute Gasteiger partial charge is 0.317 e. The van der Waals surface area contributed by atoms with Crippen LogP contribution in [-0.4, -0.2) is 13.1 Å². The zero-order valence-corrected chi connectivity index (χ0v) is 12.6. The summed E-state index contributed by atoms with van der Waals surface area (Å²) in [5.41, 5.74) is 2.37. The van der Waals surface area contributed by atoms with Crippen molar-refractivity contribution in [3.63, 3.8) is 0 Å². The molecular weight excluding hydrogens is 218 g/mol. The van der Waals surface area contributed by atoms with E-state index in [9.17, 15) is 0 Å². The third-order valence-electron chi connectivity index (χ3n) is 5.45. The number of fused-ring (bicyclic) bond motifs is 1. The molecule has 1 heteroatoms. The van der Waals surface area contributed by atoms with Crippen molar-refractivity contribution in [2.45, 2.75) is 65.7 Å². The smallest absolute Gasteiger partial charge is 0.00489 e. The van der Waals surface area contributed by atoms with E-state index in [1.807, 2.05) is 0 Å². The van der Waals surface area contributed by atoms with Gasteiger partial charge in [-0.15, -0.1) is 0 Å². The first kappa shape index (κ1) is 14.1. The number of hydrogen-bond acceptors (Lipinski definition) is 1. The van der Waals surface area contributed by atoms with Crippen LogP contribution < -0.4 is 5.32 Å². The molecule has 18 heavy (non-hydrogen) atoms. The summed E-state index contributed by atoms with van der Waals surface area (Å²) in [6.07, 6.45) is 12.3. The van der Waals surface area contributed by atoms with Gasteiger partial charge in [-0.2, -0.15) is 0 Å². The molecule has 0 spiro atoms. The van der Waals surface area contributed by atoms with E-state index in [0.29, 0.717) is 5.41 Å². The van der Waals surface area contributed by atoms with Gasteiger partial charge in [0.25, 0.3) is 0 Å². The molecule has 4 aliphatic rings. The van der Waals surface area contributed by atoms with Crippen LogP contribution in [0.25, 0.3) is 0 Å². The van der Waals surface area contributed by atoms with Gasteiger partial charge < -0.3 is 5.32 Å². The van der Waals surface area contributed by atoms with E-state index >= 15 is 0 Å². The normalized spacial score (nSPS) is 33.4. The van der Waals surface area contributed by atoms with Gasteiger partial charge >= 0.3 is 0 Å². The molecule has 1 saturated carbocycles. The first-order valence-corrected chi connectivity index (χ1v) is 8.06. The lowest BCUT2D eigenvalue weighted by molar-refractivity contribution is -0.00777. The Hall–Kier alpha value is -0.300. The van der Waals surface area contributed by atoms with Crippen LogP contribution in [-0.2, 0) is 0 Å². The molecule has 1 N–H and O–H groups in total. The lowest BCUT2D eigenvalue weighted by Crippen LogP contribution is -2.47. The van der Waals surface area contributed by atoms with Crippen LogP contribution in [0.15, 0.2) is 11.6 Å². The Kier molecular flexibility index (Phi) is 4.89. The van der Waals surface area contributed by atoms with E-state index in [2.05, 4.69) is 32.2 Å². The average Bonchev–Trinajstić information content (AvgIpc) is 2.71. The summed E-state index contributed by atoms with van der Waals surface area (Å²) in [6.45, 7) is 9.67. The summed E-state index contributed by atoms with van der Waals surface area (Å²) >= 11 is 0. The van der Waals surface area contributed by atoms with Gasteiger partial charge in [-0.25, -0.2) is 0 Å². The predicted molar refractivity (Wildman–Crippen MR) is 79.7 cm³/mol. The SMILES string of the molecule is C1CCCNCC1.CCC1=CCC2CC1C2(C)C. The highest BCUT2D eigenvalue weighted by Gasteiger charge is 2.50. The number of rotatable bonds is 1. The minimum atomic E-state index is 0.639. The molecular formula is C17H31N. The summed E-state index contributed by atoms with van der Waals surface area (Å²) in [5.74, 6) is 1.94. The molecule has 2 unspecified atom stereocenters.